The zero-order valence-electron chi connectivity index (χ0n) is 9.93. The van der Waals surface area contributed by atoms with Crippen molar-refractivity contribution in [2.24, 2.45) is 0 Å². The van der Waals surface area contributed by atoms with E-state index in [1.54, 1.807) is 34.0 Å². The van der Waals surface area contributed by atoms with Crippen LogP contribution in [0.2, 0.25) is 0 Å². The summed E-state index contributed by atoms with van der Waals surface area (Å²) in [6.45, 7) is 2.14. The monoisotopic (exact) mass is 292 g/mol. The fraction of sp³-hybridized carbons (Fsp3) is 0.214. The molecule has 0 unspecified atom stereocenters. The molecule has 0 aromatic carbocycles. The Balaban J connectivity index is 1.80. The molecular weight excluding hydrogens is 280 g/mol. The molecule has 0 spiro atoms. The van der Waals surface area contributed by atoms with E-state index in [1.165, 1.54) is 19.2 Å². The maximum absolute atomic E-state index is 12.2. The number of hydrogen-bond donors (Lipinski definition) is 0. The number of hydrogen-bond acceptors (Lipinski definition) is 4. The van der Waals surface area contributed by atoms with E-state index in [-0.39, 0.29) is 5.78 Å². The molecule has 0 amide bonds. The molecule has 92 valence electrons. The lowest BCUT2D eigenvalue weighted by Crippen LogP contribution is -1.98. The van der Waals surface area contributed by atoms with Gasteiger partial charge in [-0.1, -0.05) is 6.92 Å². The van der Waals surface area contributed by atoms with Gasteiger partial charge in [0.05, 0.1) is 4.88 Å². The van der Waals surface area contributed by atoms with Crippen LogP contribution in [-0.2, 0) is 12.8 Å². The maximum atomic E-state index is 12.2. The Labute approximate surface area is 118 Å². The van der Waals surface area contributed by atoms with Crippen molar-refractivity contribution in [1.82, 2.24) is 0 Å². The zero-order valence-corrected chi connectivity index (χ0v) is 12.4. The van der Waals surface area contributed by atoms with E-state index in [2.05, 4.69) is 30.5 Å². The van der Waals surface area contributed by atoms with Gasteiger partial charge in [-0.25, -0.2) is 0 Å². The number of thiophene rings is 3. The zero-order chi connectivity index (χ0) is 12.5. The van der Waals surface area contributed by atoms with Crippen molar-refractivity contribution >= 4 is 49.2 Å². The molecule has 0 aliphatic rings. The van der Waals surface area contributed by atoms with Crippen LogP contribution in [0.25, 0.3) is 9.40 Å². The highest BCUT2D eigenvalue weighted by Crippen LogP contribution is 2.31. The summed E-state index contributed by atoms with van der Waals surface area (Å²) < 4.78 is 2.45. The Hall–Kier alpha value is -0.970. The standard InChI is InChI=1S/C14H12OS3/c1-2-9-3-4-10(17-9)7-11(15)13-8-14-12(18-13)5-6-16-14/h3-6,8H,2,7H2,1H3. The number of carbonyl (C=O) groups excluding carboxylic acids is 1. The molecule has 0 N–H and O–H groups in total. The summed E-state index contributed by atoms with van der Waals surface area (Å²) >= 11 is 5.06. The number of ketones is 1. The highest BCUT2D eigenvalue weighted by Gasteiger charge is 2.12. The van der Waals surface area contributed by atoms with Crippen LogP contribution in [0.1, 0.15) is 26.3 Å². The highest BCUT2D eigenvalue weighted by atomic mass is 32.1. The van der Waals surface area contributed by atoms with Crippen molar-refractivity contribution in [2.75, 3.05) is 0 Å². The molecule has 0 radical (unpaired) electrons. The maximum Gasteiger partial charge on any atom is 0.178 e. The van der Waals surface area contributed by atoms with E-state index in [1.807, 2.05) is 6.07 Å². The Kier molecular flexibility index (Phi) is 3.33. The summed E-state index contributed by atoms with van der Waals surface area (Å²) in [5, 5.41) is 2.07. The number of Topliss-reactive ketones (excluding diaryl/α,β-unsaturated/α-hetero) is 1. The first-order chi connectivity index (χ1) is 8.76. The van der Waals surface area contributed by atoms with Crippen LogP contribution in [0.15, 0.2) is 29.6 Å². The molecule has 18 heavy (non-hydrogen) atoms. The van der Waals surface area contributed by atoms with Gasteiger partial charge in [0.25, 0.3) is 0 Å². The Morgan fingerprint density at radius 1 is 1.11 bits per heavy atom. The first kappa shape index (κ1) is 12.1. The van der Waals surface area contributed by atoms with Gasteiger partial charge in [0.1, 0.15) is 0 Å². The Morgan fingerprint density at radius 3 is 2.67 bits per heavy atom. The van der Waals surface area contributed by atoms with Crippen molar-refractivity contribution in [2.45, 2.75) is 19.8 Å². The summed E-state index contributed by atoms with van der Waals surface area (Å²) in [5.74, 6) is 0.243. The van der Waals surface area contributed by atoms with Crippen molar-refractivity contribution in [3.05, 3.63) is 44.3 Å². The molecule has 0 saturated carbocycles. The first-order valence-electron chi connectivity index (χ1n) is 5.84. The highest BCUT2D eigenvalue weighted by molar-refractivity contribution is 7.27. The van der Waals surface area contributed by atoms with Gasteiger partial charge in [0.15, 0.2) is 5.78 Å². The molecule has 0 aliphatic heterocycles. The van der Waals surface area contributed by atoms with Gasteiger partial charge in [-0.2, -0.15) is 0 Å². The second-order valence-electron chi connectivity index (χ2n) is 4.08. The molecule has 0 fully saturated rings. The lowest BCUT2D eigenvalue weighted by Gasteiger charge is -1.94. The largest absolute Gasteiger partial charge is 0.293 e. The lowest BCUT2D eigenvalue weighted by atomic mass is 10.2. The molecule has 0 bridgehead atoms. The number of carbonyl (C=O) groups is 1. The van der Waals surface area contributed by atoms with E-state index in [4.69, 9.17) is 0 Å². The van der Waals surface area contributed by atoms with Gasteiger partial charge >= 0.3 is 0 Å². The minimum Gasteiger partial charge on any atom is -0.293 e. The van der Waals surface area contributed by atoms with E-state index in [0.29, 0.717) is 6.42 Å². The molecule has 3 aromatic rings. The minimum absolute atomic E-state index is 0.243. The predicted octanol–water partition coefficient (Wildman–Crippen LogP) is 5.01. The third-order valence-electron chi connectivity index (χ3n) is 2.81. The summed E-state index contributed by atoms with van der Waals surface area (Å²) in [6, 6.07) is 8.32. The molecular formula is C14H12OS3. The van der Waals surface area contributed by atoms with E-state index < -0.39 is 0 Å². The molecule has 0 atom stereocenters. The van der Waals surface area contributed by atoms with Crippen LogP contribution >= 0.6 is 34.0 Å². The summed E-state index contributed by atoms with van der Waals surface area (Å²) in [5.41, 5.74) is 0. The molecule has 4 heteroatoms. The molecule has 3 aromatic heterocycles. The van der Waals surface area contributed by atoms with Gasteiger partial charge in [0.2, 0.25) is 0 Å². The number of aryl methyl sites for hydroxylation is 1. The van der Waals surface area contributed by atoms with Crippen LogP contribution in [0.3, 0.4) is 0 Å². The van der Waals surface area contributed by atoms with E-state index >= 15 is 0 Å². The minimum atomic E-state index is 0.243. The van der Waals surface area contributed by atoms with E-state index in [0.717, 1.165) is 11.3 Å². The van der Waals surface area contributed by atoms with Crippen LogP contribution < -0.4 is 0 Å². The SMILES string of the molecule is CCc1ccc(CC(=O)c2cc3sccc3s2)s1. The van der Waals surface area contributed by atoms with Crippen LogP contribution in [-0.4, -0.2) is 5.78 Å². The molecule has 3 heterocycles. The lowest BCUT2D eigenvalue weighted by molar-refractivity contribution is 0.0998. The quantitative estimate of drug-likeness (QED) is 0.618. The van der Waals surface area contributed by atoms with Crippen molar-refractivity contribution in [1.29, 1.82) is 0 Å². The fourth-order valence-electron chi connectivity index (χ4n) is 1.86. The van der Waals surface area contributed by atoms with Gasteiger partial charge in [0, 0.05) is 25.6 Å². The summed E-state index contributed by atoms with van der Waals surface area (Å²) in [4.78, 5) is 15.6. The van der Waals surface area contributed by atoms with Crippen LogP contribution in [0.5, 0.6) is 0 Å². The normalized spacial score (nSPS) is 11.2. The average Bonchev–Trinajstić information content (AvgIpc) is 3.02. The number of rotatable bonds is 4. The summed E-state index contributed by atoms with van der Waals surface area (Å²) in [6.07, 6.45) is 1.59. The van der Waals surface area contributed by atoms with Gasteiger partial charge in [-0.15, -0.1) is 34.0 Å². The predicted molar refractivity (Wildman–Crippen MR) is 81.4 cm³/mol. The first-order valence-corrected chi connectivity index (χ1v) is 8.35. The third-order valence-corrected chi connectivity index (χ3v) is 6.18. The van der Waals surface area contributed by atoms with Crippen LogP contribution in [0, 0.1) is 0 Å². The Bertz CT molecular complexity index is 658. The van der Waals surface area contributed by atoms with Crippen LogP contribution in [0.4, 0.5) is 0 Å². The second kappa shape index (κ2) is 4.96. The fourth-order valence-corrected chi connectivity index (χ4v) is 4.86. The van der Waals surface area contributed by atoms with E-state index in [9.17, 15) is 4.79 Å². The number of fused-ring (bicyclic) bond motifs is 1. The molecule has 0 aliphatic carbocycles. The third kappa shape index (κ3) is 2.28. The smallest absolute Gasteiger partial charge is 0.178 e. The van der Waals surface area contributed by atoms with Gasteiger partial charge < -0.3 is 0 Å². The van der Waals surface area contributed by atoms with Crippen molar-refractivity contribution < 1.29 is 4.79 Å². The average molecular weight is 292 g/mol. The summed E-state index contributed by atoms with van der Waals surface area (Å²) in [7, 11) is 0. The van der Waals surface area contributed by atoms with Crippen molar-refractivity contribution in [3.63, 3.8) is 0 Å². The van der Waals surface area contributed by atoms with Crippen molar-refractivity contribution in [3.8, 4) is 0 Å². The Morgan fingerprint density at radius 2 is 1.94 bits per heavy atom. The second-order valence-corrected chi connectivity index (χ2v) is 7.37. The van der Waals surface area contributed by atoms with Gasteiger partial charge in [-0.3, -0.25) is 4.79 Å². The molecule has 1 nitrogen and oxygen atoms in total. The molecule has 3 rings (SSSR count). The van der Waals surface area contributed by atoms with Gasteiger partial charge in [-0.05, 0) is 36.1 Å². The topological polar surface area (TPSA) is 17.1 Å². The molecule has 0 saturated heterocycles.